The zero-order valence-electron chi connectivity index (χ0n) is 19.8. The molecule has 0 fully saturated rings. The highest BCUT2D eigenvalue weighted by Gasteiger charge is 2.17. The van der Waals surface area contributed by atoms with Gasteiger partial charge >= 0.3 is 0 Å². The van der Waals surface area contributed by atoms with Crippen molar-refractivity contribution in [2.24, 2.45) is 0 Å². The molecule has 0 unspecified atom stereocenters. The molecule has 0 radical (unpaired) electrons. The molecule has 2 rings (SSSR count). The monoisotopic (exact) mass is 431 g/mol. The van der Waals surface area contributed by atoms with Crippen LogP contribution in [0.5, 0.6) is 17.2 Å². The lowest BCUT2D eigenvalue weighted by molar-refractivity contribution is 0.304. The predicted molar refractivity (Wildman–Crippen MR) is 129 cm³/mol. The zero-order chi connectivity index (χ0) is 22.5. The van der Waals surface area contributed by atoms with E-state index in [0.29, 0.717) is 13.2 Å². The lowest BCUT2D eigenvalue weighted by Crippen LogP contribution is -2.21. The minimum absolute atomic E-state index is 0.238. The van der Waals surface area contributed by atoms with Gasteiger partial charge in [-0.3, -0.25) is 4.79 Å². The lowest BCUT2D eigenvalue weighted by Gasteiger charge is -2.16. The van der Waals surface area contributed by atoms with Crippen molar-refractivity contribution in [3.8, 4) is 17.2 Å². The van der Waals surface area contributed by atoms with Gasteiger partial charge in [-0.2, -0.15) is 0 Å². The molecule has 5 nitrogen and oxygen atoms in total. The molecular weight excluding hydrogens is 390 g/mol. The number of ether oxygens (including phenoxy) is 2. The molecule has 1 N–H and O–H groups in total. The maximum Gasteiger partial charge on any atom is 0.297 e. The minimum atomic E-state index is -0.397. The fourth-order valence-electron chi connectivity index (χ4n) is 4.03. The third kappa shape index (κ3) is 7.48. The Balaban J connectivity index is 2.11. The van der Waals surface area contributed by atoms with E-state index < -0.39 is 5.56 Å². The molecule has 5 heteroatoms. The van der Waals surface area contributed by atoms with Crippen molar-refractivity contribution in [3.05, 3.63) is 28.6 Å². The van der Waals surface area contributed by atoms with Gasteiger partial charge < -0.3 is 19.1 Å². The van der Waals surface area contributed by atoms with Gasteiger partial charge in [-0.15, -0.1) is 0 Å². The Hall–Kier alpha value is -2.17. The molecule has 0 saturated carbocycles. The van der Waals surface area contributed by atoms with Crippen LogP contribution in [0.1, 0.15) is 90.9 Å². The van der Waals surface area contributed by atoms with E-state index in [9.17, 15) is 9.90 Å². The van der Waals surface area contributed by atoms with Gasteiger partial charge in [0.05, 0.1) is 19.2 Å². The van der Waals surface area contributed by atoms with Gasteiger partial charge in [0.1, 0.15) is 5.75 Å². The fraction of sp³-hybridized carbons (Fsp3) is 0.654. The van der Waals surface area contributed by atoms with Crippen molar-refractivity contribution in [1.29, 1.82) is 0 Å². The maximum absolute atomic E-state index is 12.8. The number of benzene rings is 1. The summed E-state index contributed by atoms with van der Waals surface area (Å²) in [6, 6.07) is 5.68. The second kappa shape index (κ2) is 14.0. The number of rotatable bonds is 16. The van der Waals surface area contributed by atoms with Gasteiger partial charge in [0.2, 0.25) is 5.75 Å². The van der Waals surface area contributed by atoms with Crippen LogP contribution in [-0.2, 0) is 6.54 Å². The molecule has 0 spiro atoms. The largest absolute Gasteiger partial charge is 0.500 e. The summed E-state index contributed by atoms with van der Waals surface area (Å²) < 4.78 is 13.0. The van der Waals surface area contributed by atoms with Gasteiger partial charge in [-0.05, 0) is 25.0 Å². The van der Waals surface area contributed by atoms with Crippen LogP contribution in [0.2, 0.25) is 0 Å². The first-order valence-corrected chi connectivity index (χ1v) is 12.2. The quantitative estimate of drug-likeness (QED) is 0.296. The summed E-state index contributed by atoms with van der Waals surface area (Å²) in [7, 11) is 1.48. The highest BCUT2D eigenvalue weighted by atomic mass is 16.5. The Kier molecular flexibility index (Phi) is 11.3. The van der Waals surface area contributed by atoms with E-state index in [1.807, 2.05) is 18.2 Å². The number of fused-ring (bicyclic) bond motifs is 1. The smallest absolute Gasteiger partial charge is 0.297 e. The van der Waals surface area contributed by atoms with Crippen molar-refractivity contribution in [2.45, 2.75) is 97.4 Å². The molecule has 0 saturated heterocycles. The first-order valence-electron chi connectivity index (χ1n) is 12.2. The molecule has 1 heterocycles. The molecule has 0 aliphatic heterocycles. The molecule has 0 aliphatic carbocycles. The Bertz CT molecular complexity index is 843. The van der Waals surface area contributed by atoms with Gasteiger partial charge in [0.25, 0.3) is 5.56 Å². The molecule has 0 amide bonds. The Morgan fingerprint density at radius 3 is 2.13 bits per heavy atom. The summed E-state index contributed by atoms with van der Waals surface area (Å²) in [4.78, 5) is 12.8. The fourth-order valence-corrected chi connectivity index (χ4v) is 4.03. The molecule has 0 aliphatic rings. The van der Waals surface area contributed by atoms with Crippen LogP contribution >= 0.6 is 0 Å². The number of hydrogen-bond acceptors (Lipinski definition) is 4. The van der Waals surface area contributed by atoms with Crippen molar-refractivity contribution < 1.29 is 14.6 Å². The summed E-state index contributed by atoms with van der Waals surface area (Å²) in [5.41, 5.74) is 0.361. The maximum atomic E-state index is 12.8. The third-order valence-corrected chi connectivity index (χ3v) is 5.87. The number of pyridine rings is 1. The number of aryl methyl sites for hydroxylation is 1. The summed E-state index contributed by atoms with van der Waals surface area (Å²) >= 11 is 0. The van der Waals surface area contributed by atoms with Gasteiger partial charge in [-0.25, -0.2) is 0 Å². The normalized spacial score (nSPS) is 11.2. The highest BCUT2D eigenvalue weighted by Crippen LogP contribution is 2.33. The summed E-state index contributed by atoms with van der Waals surface area (Å²) in [6.45, 7) is 5.69. The number of unbranched alkanes of at least 4 members (excludes halogenated alkanes) is 10. The Labute approximate surface area is 187 Å². The average Bonchev–Trinajstić information content (AvgIpc) is 2.78. The van der Waals surface area contributed by atoms with Crippen molar-refractivity contribution in [1.82, 2.24) is 4.57 Å². The first kappa shape index (κ1) is 25.1. The molecule has 31 heavy (non-hydrogen) atoms. The molecule has 174 valence electrons. The number of aromatic nitrogens is 1. The van der Waals surface area contributed by atoms with E-state index >= 15 is 0 Å². The average molecular weight is 432 g/mol. The molecule has 0 atom stereocenters. The number of methoxy groups -OCH3 is 1. The van der Waals surface area contributed by atoms with E-state index in [0.717, 1.165) is 35.9 Å². The summed E-state index contributed by atoms with van der Waals surface area (Å²) in [5.74, 6) is 0.674. The van der Waals surface area contributed by atoms with Crippen molar-refractivity contribution in [3.63, 3.8) is 0 Å². The molecule has 2 aromatic rings. The van der Waals surface area contributed by atoms with Crippen molar-refractivity contribution >= 4 is 10.9 Å². The van der Waals surface area contributed by atoms with E-state index in [2.05, 4.69) is 13.8 Å². The predicted octanol–water partition coefficient (Wildman–Crippen LogP) is 6.82. The number of hydrogen-bond donors (Lipinski definition) is 1. The number of nitrogens with zero attached hydrogens (tertiary/aromatic N) is 1. The highest BCUT2D eigenvalue weighted by molar-refractivity contribution is 5.88. The van der Waals surface area contributed by atoms with Crippen LogP contribution < -0.4 is 15.0 Å². The van der Waals surface area contributed by atoms with Gasteiger partial charge in [0.15, 0.2) is 5.75 Å². The summed E-state index contributed by atoms with van der Waals surface area (Å²) in [6.07, 6.45) is 14.2. The van der Waals surface area contributed by atoms with Crippen LogP contribution in [0.4, 0.5) is 0 Å². The van der Waals surface area contributed by atoms with Crippen molar-refractivity contribution in [2.75, 3.05) is 13.7 Å². The van der Waals surface area contributed by atoms with Gasteiger partial charge in [0, 0.05) is 18.0 Å². The van der Waals surface area contributed by atoms with Crippen LogP contribution in [0.3, 0.4) is 0 Å². The van der Waals surface area contributed by atoms with Crippen LogP contribution in [0.25, 0.3) is 10.9 Å². The Morgan fingerprint density at radius 1 is 0.871 bits per heavy atom. The van der Waals surface area contributed by atoms with Crippen LogP contribution in [0, 0.1) is 0 Å². The van der Waals surface area contributed by atoms with Gasteiger partial charge in [-0.1, -0.05) is 78.1 Å². The molecular formula is C26H41NO4. The lowest BCUT2D eigenvalue weighted by atomic mass is 10.1. The second-order valence-corrected chi connectivity index (χ2v) is 8.40. The SMILES string of the molecule is CCCCCCCCOc1ccc2c(OC)c(O)c(=O)n(CCCCCCCC)c2c1. The standard InChI is InChI=1S/C26H41NO4/c1-4-6-8-10-12-14-18-27-23-20-21(31-19-15-13-11-9-7-5-2)16-17-22(23)25(30-3)24(28)26(27)29/h16-17,20,28H,4-15,18-19H2,1-3H3. The van der Waals surface area contributed by atoms with E-state index in [1.165, 1.54) is 64.9 Å². The third-order valence-electron chi connectivity index (χ3n) is 5.87. The molecule has 1 aromatic heterocycles. The van der Waals surface area contributed by atoms with E-state index in [4.69, 9.17) is 9.47 Å². The molecule has 1 aromatic carbocycles. The van der Waals surface area contributed by atoms with E-state index in [-0.39, 0.29) is 11.5 Å². The minimum Gasteiger partial charge on any atom is -0.500 e. The number of aromatic hydroxyl groups is 1. The molecule has 0 bridgehead atoms. The van der Waals surface area contributed by atoms with Crippen LogP contribution in [0.15, 0.2) is 23.0 Å². The summed E-state index contributed by atoms with van der Waals surface area (Å²) in [5, 5.41) is 11.1. The van der Waals surface area contributed by atoms with E-state index in [1.54, 1.807) is 4.57 Å². The zero-order valence-corrected chi connectivity index (χ0v) is 19.8. The first-order chi connectivity index (χ1) is 15.1. The van der Waals surface area contributed by atoms with Crippen LogP contribution in [-0.4, -0.2) is 23.4 Å². The topological polar surface area (TPSA) is 60.7 Å². The Morgan fingerprint density at radius 2 is 1.48 bits per heavy atom. The second-order valence-electron chi connectivity index (χ2n) is 8.40.